The molecule has 0 amide bonds. The molecule has 1 aromatic rings. The largest absolute Gasteiger partial charge is 0.462 e. The normalized spacial score (nSPS) is 10.1. The maximum Gasteiger partial charge on any atom is 0.339 e. The van der Waals surface area contributed by atoms with E-state index in [1.54, 1.807) is 18.2 Å². The summed E-state index contributed by atoms with van der Waals surface area (Å²) in [6.07, 6.45) is 1.87. The Kier molecular flexibility index (Phi) is 5.12. The lowest BCUT2D eigenvalue weighted by Gasteiger charge is -2.05. The molecule has 0 bridgehead atoms. The van der Waals surface area contributed by atoms with Crippen molar-refractivity contribution in [1.29, 1.82) is 0 Å². The van der Waals surface area contributed by atoms with Gasteiger partial charge in [-0.2, -0.15) is 0 Å². The molecule has 0 aliphatic rings. The van der Waals surface area contributed by atoms with Gasteiger partial charge in [-0.05, 0) is 24.6 Å². The first-order valence-corrected chi connectivity index (χ1v) is 5.94. The lowest BCUT2D eigenvalue weighted by molar-refractivity contribution is 0.0500. The Hall–Kier alpha value is -0.540. The van der Waals surface area contributed by atoms with Crippen molar-refractivity contribution in [2.45, 2.75) is 19.8 Å². The second-order valence-corrected chi connectivity index (χ2v) is 4.44. The molecule has 0 radical (unpaired) electrons. The van der Waals surface area contributed by atoms with E-state index >= 15 is 0 Å². The lowest BCUT2D eigenvalue weighted by atomic mass is 10.2. The molecule has 0 fully saturated rings. The third-order valence-electron chi connectivity index (χ3n) is 1.88. The summed E-state index contributed by atoms with van der Waals surface area (Å²) in [7, 11) is 0. The summed E-state index contributed by atoms with van der Waals surface area (Å²) in [5.41, 5.74) is 0.405. The molecule has 4 heteroatoms. The first kappa shape index (κ1) is 12.5. The van der Waals surface area contributed by atoms with Gasteiger partial charge in [0.05, 0.1) is 17.2 Å². The maximum absolute atomic E-state index is 11.6. The van der Waals surface area contributed by atoms with Crippen LogP contribution in [-0.4, -0.2) is 12.6 Å². The van der Waals surface area contributed by atoms with Crippen molar-refractivity contribution in [3.63, 3.8) is 0 Å². The monoisotopic (exact) mass is 290 g/mol. The van der Waals surface area contributed by atoms with Crippen molar-refractivity contribution in [3.8, 4) is 0 Å². The van der Waals surface area contributed by atoms with Crippen molar-refractivity contribution < 1.29 is 9.53 Å². The van der Waals surface area contributed by atoms with Crippen LogP contribution in [0, 0.1) is 0 Å². The van der Waals surface area contributed by atoms with Gasteiger partial charge in [-0.15, -0.1) is 0 Å². The Morgan fingerprint density at radius 3 is 2.93 bits per heavy atom. The molecular weight excluding hydrogens is 279 g/mol. The fraction of sp³-hybridized carbons (Fsp3) is 0.364. The first-order valence-electron chi connectivity index (χ1n) is 4.77. The maximum atomic E-state index is 11.6. The van der Waals surface area contributed by atoms with E-state index in [1.165, 1.54) is 0 Å². The van der Waals surface area contributed by atoms with Crippen LogP contribution in [0.1, 0.15) is 30.1 Å². The van der Waals surface area contributed by atoms with Crippen LogP contribution in [0.15, 0.2) is 22.7 Å². The van der Waals surface area contributed by atoms with Gasteiger partial charge in [0, 0.05) is 4.47 Å². The van der Waals surface area contributed by atoms with Crippen LogP contribution in [0.25, 0.3) is 0 Å². The van der Waals surface area contributed by atoms with Crippen LogP contribution in [-0.2, 0) is 4.74 Å². The average Bonchev–Trinajstić information content (AvgIpc) is 2.22. The summed E-state index contributed by atoms with van der Waals surface area (Å²) < 4.78 is 5.87. The number of carbonyl (C=O) groups is 1. The van der Waals surface area contributed by atoms with Gasteiger partial charge in [-0.25, -0.2) is 4.79 Å². The molecule has 0 saturated heterocycles. The number of hydrogen-bond acceptors (Lipinski definition) is 2. The molecule has 0 spiro atoms. The van der Waals surface area contributed by atoms with Crippen LogP contribution in [0.3, 0.4) is 0 Å². The fourth-order valence-electron chi connectivity index (χ4n) is 1.04. The molecule has 82 valence electrons. The zero-order chi connectivity index (χ0) is 11.3. The van der Waals surface area contributed by atoms with Crippen molar-refractivity contribution in [3.05, 3.63) is 33.3 Å². The third-order valence-corrected chi connectivity index (χ3v) is 2.70. The number of hydrogen-bond donors (Lipinski definition) is 0. The summed E-state index contributed by atoms with van der Waals surface area (Å²) in [5, 5.41) is 0.416. The molecule has 0 aromatic heterocycles. The van der Waals surface area contributed by atoms with Gasteiger partial charge >= 0.3 is 5.97 Å². The van der Waals surface area contributed by atoms with Crippen LogP contribution < -0.4 is 0 Å². The van der Waals surface area contributed by atoms with Gasteiger partial charge in [0.15, 0.2) is 0 Å². The number of esters is 1. The number of rotatable bonds is 4. The van der Waals surface area contributed by atoms with Gasteiger partial charge < -0.3 is 4.74 Å². The summed E-state index contributed by atoms with van der Waals surface area (Å²) in [5.74, 6) is -0.366. The van der Waals surface area contributed by atoms with Crippen LogP contribution in [0.2, 0.25) is 5.02 Å². The molecular formula is C11H12BrClO2. The Labute approximate surface area is 103 Å². The van der Waals surface area contributed by atoms with Gasteiger partial charge in [0.2, 0.25) is 0 Å². The predicted molar refractivity (Wildman–Crippen MR) is 64.3 cm³/mol. The lowest BCUT2D eigenvalue weighted by Crippen LogP contribution is -2.06. The van der Waals surface area contributed by atoms with E-state index in [0.29, 0.717) is 17.2 Å². The molecule has 1 aromatic carbocycles. The fourth-order valence-corrected chi connectivity index (χ4v) is 1.60. The van der Waals surface area contributed by atoms with Crippen molar-refractivity contribution in [1.82, 2.24) is 0 Å². The highest BCUT2D eigenvalue weighted by Crippen LogP contribution is 2.21. The van der Waals surface area contributed by atoms with Crippen LogP contribution in [0.5, 0.6) is 0 Å². The molecule has 0 heterocycles. The highest BCUT2D eigenvalue weighted by Gasteiger charge is 2.11. The molecule has 0 saturated carbocycles. The van der Waals surface area contributed by atoms with Gasteiger partial charge in [0.25, 0.3) is 0 Å². The van der Waals surface area contributed by atoms with Gasteiger partial charge in [-0.3, -0.25) is 0 Å². The summed E-state index contributed by atoms with van der Waals surface area (Å²) >= 11 is 9.16. The Morgan fingerprint density at radius 2 is 2.27 bits per heavy atom. The molecule has 0 aliphatic carbocycles. The number of benzene rings is 1. The van der Waals surface area contributed by atoms with Crippen LogP contribution in [0.4, 0.5) is 0 Å². The number of ether oxygens (including phenoxy) is 1. The smallest absolute Gasteiger partial charge is 0.339 e. The summed E-state index contributed by atoms with van der Waals surface area (Å²) in [6, 6.07) is 5.11. The predicted octanol–water partition coefficient (Wildman–Crippen LogP) is 4.06. The van der Waals surface area contributed by atoms with Gasteiger partial charge in [-0.1, -0.05) is 40.9 Å². The average molecular weight is 292 g/mol. The standard InChI is InChI=1S/C11H12BrClO2/c1-2-3-6-15-11(14)9-7-8(12)4-5-10(9)13/h4-5,7H,2-3,6H2,1H3. The van der Waals surface area contributed by atoms with Crippen molar-refractivity contribution >= 4 is 33.5 Å². The van der Waals surface area contributed by atoms with E-state index < -0.39 is 0 Å². The second kappa shape index (κ2) is 6.13. The van der Waals surface area contributed by atoms with E-state index in [9.17, 15) is 4.79 Å². The number of carbonyl (C=O) groups excluding carboxylic acids is 1. The SMILES string of the molecule is CCCCOC(=O)c1cc(Br)ccc1Cl. The molecule has 0 aliphatic heterocycles. The zero-order valence-corrected chi connectivity index (χ0v) is 10.8. The molecule has 0 atom stereocenters. The van der Waals surface area contributed by atoms with Crippen molar-refractivity contribution in [2.75, 3.05) is 6.61 Å². The summed E-state index contributed by atoms with van der Waals surface area (Å²) in [4.78, 5) is 11.6. The van der Waals surface area contributed by atoms with Crippen LogP contribution >= 0.6 is 27.5 Å². The Bertz CT molecular complexity index is 352. The minimum Gasteiger partial charge on any atom is -0.462 e. The molecule has 1 rings (SSSR count). The first-order chi connectivity index (χ1) is 7.15. The minimum absolute atomic E-state index is 0.366. The van der Waals surface area contributed by atoms with Crippen molar-refractivity contribution in [2.24, 2.45) is 0 Å². The molecule has 0 N–H and O–H groups in total. The molecule has 15 heavy (non-hydrogen) atoms. The van der Waals surface area contributed by atoms with E-state index in [4.69, 9.17) is 16.3 Å². The highest BCUT2D eigenvalue weighted by atomic mass is 79.9. The summed E-state index contributed by atoms with van der Waals surface area (Å²) in [6.45, 7) is 2.48. The Morgan fingerprint density at radius 1 is 1.53 bits per heavy atom. The van der Waals surface area contributed by atoms with E-state index in [0.717, 1.165) is 17.3 Å². The minimum atomic E-state index is -0.366. The molecule has 0 unspecified atom stereocenters. The third kappa shape index (κ3) is 3.84. The van der Waals surface area contributed by atoms with E-state index in [2.05, 4.69) is 15.9 Å². The Balaban J connectivity index is 2.68. The van der Waals surface area contributed by atoms with E-state index in [-0.39, 0.29) is 5.97 Å². The number of unbranched alkanes of at least 4 members (excludes halogenated alkanes) is 1. The zero-order valence-electron chi connectivity index (χ0n) is 8.43. The van der Waals surface area contributed by atoms with Gasteiger partial charge in [0.1, 0.15) is 0 Å². The quantitative estimate of drug-likeness (QED) is 0.618. The molecule has 2 nitrogen and oxygen atoms in total. The second-order valence-electron chi connectivity index (χ2n) is 3.11. The topological polar surface area (TPSA) is 26.3 Å². The number of halogens is 2. The highest BCUT2D eigenvalue weighted by molar-refractivity contribution is 9.10. The van der Waals surface area contributed by atoms with E-state index in [1.807, 2.05) is 6.92 Å².